The zero-order valence-electron chi connectivity index (χ0n) is 10.0. The summed E-state index contributed by atoms with van der Waals surface area (Å²) in [5.74, 6) is 1.32. The minimum absolute atomic E-state index is 0.772. The van der Waals surface area contributed by atoms with Crippen LogP contribution in [0.4, 0.5) is 0 Å². The Morgan fingerprint density at radius 2 is 2.27 bits per heavy atom. The summed E-state index contributed by atoms with van der Waals surface area (Å²) in [5, 5.41) is 4.50. The quantitative estimate of drug-likeness (QED) is 0.774. The first-order valence-corrected chi connectivity index (χ1v) is 7.43. The van der Waals surface area contributed by atoms with Gasteiger partial charge in [-0.2, -0.15) is 11.8 Å². The smallest absolute Gasteiger partial charge is 0.0218 e. The van der Waals surface area contributed by atoms with Gasteiger partial charge in [0.05, 0.1) is 0 Å². The molecule has 2 fully saturated rings. The molecule has 1 heterocycles. The highest BCUT2D eigenvalue weighted by Gasteiger charge is 2.26. The molecule has 0 aromatic carbocycles. The Labute approximate surface area is 98.2 Å². The Bertz CT molecular complexity index is 194. The van der Waals surface area contributed by atoms with Gasteiger partial charge in [-0.05, 0) is 19.3 Å². The third kappa shape index (κ3) is 3.65. The largest absolute Gasteiger partial charge is 0.312 e. The minimum atomic E-state index is 0.772. The fourth-order valence-electron chi connectivity index (χ4n) is 2.30. The first kappa shape index (κ1) is 11.7. The van der Waals surface area contributed by atoms with Crippen LogP contribution in [0, 0.1) is 0 Å². The maximum absolute atomic E-state index is 3.67. The Morgan fingerprint density at radius 1 is 1.47 bits per heavy atom. The molecule has 1 saturated heterocycles. The van der Waals surface area contributed by atoms with Crippen molar-refractivity contribution in [1.29, 1.82) is 0 Å². The molecule has 2 nitrogen and oxygen atoms in total. The molecule has 0 bridgehead atoms. The van der Waals surface area contributed by atoms with Crippen LogP contribution < -0.4 is 5.32 Å². The van der Waals surface area contributed by atoms with Gasteiger partial charge in [0.15, 0.2) is 0 Å². The molecule has 0 radical (unpaired) electrons. The summed E-state index contributed by atoms with van der Waals surface area (Å²) in [7, 11) is 0. The zero-order chi connectivity index (χ0) is 10.7. The maximum atomic E-state index is 3.67. The van der Waals surface area contributed by atoms with E-state index in [4.69, 9.17) is 0 Å². The number of hydrogen-bond acceptors (Lipinski definition) is 3. The van der Waals surface area contributed by atoms with E-state index < -0.39 is 0 Å². The van der Waals surface area contributed by atoms with Crippen LogP contribution in [0.1, 0.15) is 33.1 Å². The van der Waals surface area contributed by atoms with E-state index in [1.165, 1.54) is 44.6 Å². The Morgan fingerprint density at radius 3 is 2.87 bits per heavy atom. The van der Waals surface area contributed by atoms with Gasteiger partial charge in [-0.1, -0.05) is 13.8 Å². The van der Waals surface area contributed by atoms with Crippen molar-refractivity contribution < 1.29 is 0 Å². The third-order valence-corrected chi connectivity index (χ3v) is 4.62. The van der Waals surface area contributed by atoms with Crippen LogP contribution in [-0.2, 0) is 0 Å². The number of thioether (sulfide) groups is 1. The average molecular weight is 228 g/mol. The number of nitrogens with one attached hydrogen (secondary N) is 1. The van der Waals surface area contributed by atoms with Crippen molar-refractivity contribution in [2.45, 2.75) is 50.4 Å². The number of nitrogens with zero attached hydrogens (tertiary/aromatic N) is 1. The van der Waals surface area contributed by atoms with Crippen LogP contribution in [-0.4, -0.2) is 47.6 Å². The van der Waals surface area contributed by atoms with Gasteiger partial charge < -0.3 is 5.32 Å². The standard InChI is InChI=1S/C12H24N2S/c1-3-12(8-13-11-4-5-11)14-6-7-15-10(2)9-14/h10-13H,3-9H2,1-2H3. The topological polar surface area (TPSA) is 15.3 Å². The van der Waals surface area contributed by atoms with E-state index in [1.54, 1.807) is 0 Å². The molecule has 88 valence electrons. The fraction of sp³-hybridized carbons (Fsp3) is 1.00. The maximum Gasteiger partial charge on any atom is 0.0218 e. The SMILES string of the molecule is CCC(CNC1CC1)N1CCSC(C)C1. The van der Waals surface area contributed by atoms with Crippen molar-refractivity contribution >= 4 is 11.8 Å². The fourth-order valence-corrected chi connectivity index (χ4v) is 3.34. The Kier molecular flexibility index (Phi) is 4.35. The van der Waals surface area contributed by atoms with Crippen LogP contribution >= 0.6 is 11.8 Å². The van der Waals surface area contributed by atoms with E-state index >= 15 is 0 Å². The normalized spacial score (nSPS) is 30.4. The van der Waals surface area contributed by atoms with Crippen LogP contribution in [0.3, 0.4) is 0 Å². The van der Waals surface area contributed by atoms with Gasteiger partial charge in [0.25, 0.3) is 0 Å². The summed E-state index contributed by atoms with van der Waals surface area (Å²) >= 11 is 2.12. The predicted molar refractivity (Wildman–Crippen MR) is 68.6 cm³/mol. The lowest BCUT2D eigenvalue weighted by molar-refractivity contribution is 0.194. The van der Waals surface area contributed by atoms with Gasteiger partial charge in [-0.3, -0.25) is 4.90 Å². The molecule has 0 amide bonds. The van der Waals surface area contributed by atoms with Crippen molar-refractivity contribution in [2.75, 3.05) is 25.4 Å². The lowest BCUT2D eigenvalue weighted by Gasteiger charge is -2.36. The van der Waals surface area contributed by atoms with E-state index in [9.17, 15) is 0 Å². The van der Waals surface area contributed by atoms with Gasteiger partial charge in [0.2, 0.25) is 0 Å². The van der Waals surface area contributed by atoms with E-state index in [0.717, 1.165) is 17.3 Å². The first-order valence-electron chi connectivity index (χ1n) is 6.38. The van der Waals surface area contributed by atoms with Crippen LogP contribution in [0.2, 0.25) is 0 Å². The van der Waals surface area contributed by atoms with Crippen LogP contribution in [0.5, 0.6) is 0 Å². The molecule has 15 heavy (non-hydrogen) atoms. The van der Waals surface area contributed by atoms with Crippen molar-refractivity contribution in [3.63, 3.8) is 0 Å². The first-order chi connectivity index (χ1) is 7.29. The van der Waals surface area contributed by atoms with Crippen molar-refractivity contribution in [2.24, 2.45) is 0 Å². The molecule has 3 heteroatoms. The molecule has 1 aliphatic carbocycles. The van der Waals surface area contributed by atoms with E-state index in [2.05, 4.69) is 35.8 Å². The second-order valence-corrected chi connectivity index (χ2v) is 6.47. The number of hydrogen-bond donors (Lipinski definition) is 1. The molecule has 1 aliphatic heterocycles. The molecule has 2 aliphatic rings. The Balaban J connectivity index is 1.75. The molecule has 0 aromatic heterocycles. The molecule has 0 aromatic rings. The highest BCUT2D eigenvalue weighted by Crippen LogP contribution is 2.22. The van der Waals surface area contributed by atoms with Crippen LogP contribution in [0.15, 0.2) is 0 Å². The molecule has 2 rings (SSSR count). The second kappa shape index (κ2) is 5.55. The third-order valence-electron chi connectivity index (χ3n) is 3.48. The molecular formula is C12H24N2S. The molecule has 2 atom stereocenters. The lowest BCUT2D eigenvalue weighted by Crippen LogP contribution is -2.48. The predicted octanol–water partition coefficient (Wildman–Crippen LogP) is 1.95. The van der Waals surface area contributed by atoms with Gasteiger partial charge in [-0.25, -0.2) is 0 Å². The van der Waals surface area contributed by atoms with Crippen molar-refractivity contribution in [3.05, 3.63) is 0 Å². The summed E-state index contributed by atoms with van der Waals surface area (Å²) in [6, 6.07) is 1.63. The van der Waals surface area contributed by atoms with Gasteiger partial charge in [0.1, 0.15) is 0 Å². The van der Waals surface area contributed by atoms with Crippen molar-refractivity contribution in [3.8, 4) is 0 Å². The number of rotatable bonds is 5. The lowest BCUT2D eigenvalue weighted by atomic mass is 10.1. The average Bonchev–Trinajstić information content (AvgIpc) is 3.03. The van der Waals surface area contributed by atoms with Crippen molar-refractivity contribution in [1.82, 2.24) is 10.2 Å². The summed E-state index contributed by atoms with van der Waals surface area (Å²) < 4.78 is 0. The van der Waals surface area contributed by atoms with E-state index in [-0.39, 0.29) is 0 Å². The van der Waals surface area contributed by atoms with Crippen LogP contribution in [0.25, 0.3) is 0 Å². The zero-order valence-corrected chi connectivity index (χ0v) is 10.9. The van der Waals surface area contributed by atoms with E-state index in [0.29, 0.717) is 0 Å². The summed E-state index contributed by atoms with van der Waals surface area (Å²) in [4.78, 5) is 2.69. The molecule has 1 N–H and O–H groups in total. The monoisotopic (exact) mass is 228 g/mol. The highest BCUT2D eigenvalue weighted by atomic mass is 32.2. The van der Waals surface area contributed by atoms with E-state index in [1.807, 2.05) is 0 Å². The van der Waals surface area contributed by atoms with Gasteiger partial charge in [0, 0.05) is 42.7 Å². The molecule has 1 saturated carbocycles. The summed E-state index contributed by atoms with van der Waals surface area (Å²) in [6.07, 6.45) is 4.10. The molecule has 2 unspecified atom stereocenters. The molecular weight excluding hydrogens is 204 g/mol. The van der Waals surface area contributed by atoms with Gasteiger partial charge in [-0.15, -0.1) is 0 Å². The highest BCUT2D eigenvalue weighted by molar-refractivity contribution is 7.99. The summed E-state index contributed by atoms with van der Waals surface area (Å²) in [5.41, 5.74) is 0. The second-order valence-electron chi connectivity index (χ2n) is 4.92. The Hall–Kier alpha value is 0.270. The molecule has 0 spiro atoms. The van der Waals surface area contributed by atoms with Gasteiger partial charge >= 0.3 is 0 Å². The minimum Gasteiger partial charge on any atom is -0.312 e. The summed E-state index contributed by atoms with van der Waals surface area (Å²) in [6.45, 7) is 8.47.